The maximum atomic E-state index is 12.4. The van der Waals surface area contributed by atoms with Crippen LogP contribution in [0.25, 0.3) is 0 Å². The number of alkyl halides is 2. The van der Waals surface area contributed by atoms with E-state index in [1.54, 1.807) is 29.5 Å². The van der Waals surface area contributed by atoms with Crippen molar-refractivity contribution in [2.75, 3.05) is 5.32 Å². The lowest BCUT2D eigenvalue weighted by Crippen LogP contribution is -2.15. The summed E-state index contributed by atoms with van der Waals surface area (Å²) in [4.78, 5) is 13.7. The normalized spacial score (nSPS) is 13.8. The average Bonchev–Trinajstić information content (AvgIpc) is 2.93. The number of nitrogens with one attached hydrogen (secondary N) is 1. The molecule has 1 amide bonds. The molecule has 22 heavy (non-hydrogen) atoms. The third kappa shape index (κ3) is 3.11. The second-order valence-electron chi connectivity index (χ2n) is 5.09. The fourth-order valence-electron chi connectivity index (χ4n) is 2.64. The number of anilines is 1. The largest absolute Gasteiger partial charge is 0.433 e. The lowest BCUT2D eigenvalue weighted by atomic mass is 9.95. The molecule has 1 aromatic carbocycles. The van der Waals surface area contributed by atoms with Crippen LogP contribution in [0.1, 0.15) is 33.6 Å². The molecular weight excluding hydrogens is 308 g/mol. The van der Waals surface area contributed by atoms with Crippen LogP contribution in [0.5, 0.6) is 5.75 Å². The summed E-state index contributed by atoms with van der Waals surface area (Å²) in [5.74, 6) is -0.306. The quantitative estimate of drug-likeness (QED) is 0.901. The Morgan fingerprint density at radius 2 is 2.00 bits per heavy atom. The Balaban J connectivity index is 1.81. The maximum Gasteiger partial charge on any atom is 0.387 e. The third-order valence-electron chi connectivity index (χ3n) is 3.66. The first kappa shape index (κ1) is 15.0. The van der Waals surface area contributed by atoms with Crippen LogP contribution in [0.15, 0.2) is 29.6 Å². The van der Waals surface area contributed by atoms with E-state index in [9.17, 15) is 13.6 Å². The van der Waals surface area contributed by atoms with Crippen LogP contribution in [0.3, 0.4) is 0 Å². The van der Waals surface area contributed by atoms with Gasteiger partial charge in [-0.05, 0) is 43.4 Å². The van der Waals surface area contributed by atoms with Crippen LogP contribution in [0, 0.1) is 0 Å². The summed E-state index contributed by atoms with van der Waals surface area (Å²) in [5, 5.41) is 4.53. The first-order valence-corrected chi connectivity index (χ1v) is 7.97. The Kier molecular flexibility index (Phi) is 4.38. The smallest absolute Gasteiger partial charge is 0.387 e. The van der Waals surface area contributed by atoms with Crippen LogP contribution >= 0.6 is 11.3 Å². The van der Waals surface area contributed by atoms with E-state index in [1.807, 2.05) is 5.38 Å². The summed E-state index contributed by atoms with van der Waals surface area (Å²) in [6.07, 6.45) is 4.14. The summed E-state index contributed by atoms with van der Waals surface area (Å²) in [7, 11) is 0. The molecule has 0 saturated carbocycles. The van der Waals surface area contributed by atoms with Crippen molar-refractivity contribution in [3.05, 3.63) is 45.6 Å². The first-order valence-electron chi connectivity index (χ1n) is 7.09. The van der Waals surface area contributed by atoms with Gasteiger partial charge in [0.1, 0.15) is 5.75 Å². The number of ether oxygens (including phenoxy) is 1. The van der Waals surface area contributed by atoms with Gasteiger partial charge < -0.3 is 10.1 Å². The van der Waals surface area contributed by atoms with Gasteiger partial charge in [0.2, 0.25) is 0 Å². The molecule has 1 N–H and O–H groups in total. The Labute approximate surface area is 130 Å². The highest BCUT2D eigenvalue weighted by Gasteiger charge is 2.21. The molecule has 0 unspecified atom stereocenters. The predicted octanol–water partition coefficient (Wildman–Crippen LogP) is 4.48. The minimum Gasteiger partial charge on any atom is -0.433 e. The first-order chi connectivity index (χ1) is 10.6. The molecule has 1 aromatic heterocycles. The van der Waals surface area contributed by atoms with Gasteiger partial charge in [0.05, 0.1) is 11.3 Å². The lowest BCUT2D eigenvalue weighted by Gasteiger charge is -2.14. The van der Waals surface area contributed by atoms with Crippen molar-refractivity contribution in [2.24, 2.45) is 0 Å². The van der Waals surface area contributed by atoms with Crippen LogP contribution < -0.4 is 10.1 Å². The van der Waals surface area contributed by atoms with Gasteiger partial charge >= 0.3 is 6.61 Å². The molecule has 0 fully saturated rings. The van der Waals surface area contributed by atoms with E-state index in [1.165, 1.54) is 10.9 Å². The van der Waals surface area contributed by atoms with E-state index < -0.39 is 6.61 Å². The number of rotatable bonds is 4. The molecule has 0 atom stereocenters. The number of thiophene rings is 1. The zero-order chi connectivity index (χ0) is 15.5. The molecule has 1 aliphatic rings. The summed E-state index contributed by atoms with van der Waals surface area (Å²) < 4.78 is 29.2. The number of para-hydroxylation sites is 2. The number of carbonyl (C=O) groups excluding carboxylic acids is 1. The Morgan fingerprint density at radius 1 is 1.23 bits per heavy atom. The molecule has 0 radical (unpaired) electrons. The van der Waals surface area contributed by atoms with Crippen LogP contribution in [0.2, 0.25) is 0 Å². The molecule has 1 heterocycles. The minimum atomic E-state index is -2.92. The van der Waals surface area contributed by atoms with E-state index in [2.05, 4.69) is 10.1 Å². The predicted molar refractivity (Wildman–Crippen MR) is 82.0 cm³/mol. The van der Waals surface area contributed by atoms with Gasteiger partial charge in [-0.1, -0.05) is 12.1 Å². The molecule has 0 saturated heterocycles. The zero-order valence-corrected chi connectivity index (χ0v) is 12.6. The van der Waals surface area contributed by atoms with Gasteiger partial charge in [0, 0.05) is 10.3 Å². The summed E-state index contributed by atoms with van der Waals surface area (Å²) in [6, 6.07) is 6.20. The van der Waals surface area contributed by atoms with Crippen molar-refractivity contribution >= 4 is 22.9 Å². The third-order valence-corrected chi connectivity index (χ3v) is 4.75. The Morgan fingerprint density at radius 3 is 2.82 bits per heavy atom. The van der Waals surface area contributed by atoms with Gasteiger partial charge in [0.15, 0.2) is 0 Å². The van der Waals surface area contributed by atoms with Crippen molar-refractivity contribution in [2.45, 2.75) is 32.3 Å². The second kappa shape index (κ2) is 6.44. The van der Waals surface area contributed by atoms with E-state index >= 15 is 0 Å². The van der Waals surface area contributed by atoms with Crippen LogP contribution in [0.4, 0.5) is 14.5 Å². The molecular formula is C16H15F2NO2S. The second-order valence-corrected chi connectivity index (χ2v) is 6.05. The highest BCUT2D eigenvalue weighted by atomic mass is 32.1. The highest BCUT2D eigenvalue weighted by molar-refractivity contribution is 7.10. The molecule has 3 rings (SSSR count). The van der Waals surface area contributed by atoms with Gasteiger partial charge in [-0.3, -0.25) is 4.79 Å². The van der Waals surface area contributed by atoms with Crippen molar-refractivity contribution in [1.29, 1.82) is 0 Å². The minimum absolute atomic E-state index is 0.0325. The molecule has 1 aliphatic carbocycles. The number of fused-ring (bicyclic) bond motifs is 1. The number of hydrogen-bond donors (Lipinski definition) is 1. The molecule has 0 bridgehead atoms. The number of amides is 1. The standard InChI is InChI=1S/C16H15F2NO2S/c17-16(18)21-13-7-3-2-6-12(13)19-15(20)11-9-22-14-8-4-1-5-10(11)14/h2-3,6-7,9,16H,1,4-5,8H2,(H,19,20). The Bertz CT molecular complexity index is 685. The SMILES string of the molecule is O=C(Nc1ccccc1OC(F)F)c1csc2c1CCCC2. The molecule has 116 valence electrons. The molecule has 0 aliphatic heterocycles. The molecule has 0 spiro atoms. The lowest BCUT2D eigenvalue weighted by molar-refractivity contribution is -0.0493. The summed E-state index contributed by atoms with van der Waals surface area (Å²) >= 11 is 1.59. The van der Waals surface area contributed by atoms with Gasteiger partial charge in [0.25, 0.3) is 5.91 Å². The van der Waals surface area contributed by atoms with E-state index in [-0.39, 0.29) is 17.3 Å². The maximum absolute atomic E-state index is 12.4. The summed E-state index contributed by atoms with van der Waals surface area (Å²) in [5.41, 5.74) is 2.00. The van der Waals surface area contributed by atoms with Gasteiger partial charge in [-0.15, -0.1) is 11.3 Å². The van der Waals surface area contributed by atoms with Crippen molar-refractivity contribution in [3.8, 4) is 5.75 Å². The van der Waals surface area contributed by atoms with Gasteiger partial charge in [-0.25, -0.2) is 0 Å². The number of benzene rings is 1. The average molecular weight is 323 g/mol. The number of hydrogen-bond acceptors (Lipinski definition) is 3. The zero-order valence-electron chi connectivity index (χ0n) is 11.8. The topological polar surface area (TPSA) is 38.3 Å². The monoisotopic (exact) mass is 323 g/mol. The summed E-state index contributed by atoms with van der Waals surface area (Å²) in [6.45, 7) is -2.92. The fraction of sp³-hybridized carbons (Fsp3) is 0.312. The fourth-order valence-corrected chi connectivity index (χ4v) is 3.77. The van der Waals surface area contributed by atoms with Crippen molar-refractivity contribution < 1.29 is 18.3 Å². The molecule has 2 aromatic rings. The van der Waals surface area contributed by atoms with E-state index in [4.69, 9.17) is 0 Å². The number of carbonyl (C=O) groups is 1. The van der Waals surface area contributed by atoms with Crippen LogP contribution in [-0.2, 0) is 12.8 Å². The highest BCUT2D eigenvalue weighted by Crippen LogP contribution is 2.32. The van der Waals surface area contributed by atoms with E-state index in [0.29, 0.717) is 5.56 Å². The number of aryl methyl sites for hydroxylation is 1. The van der Waals surface area contributed by atoms with Crippen molar-refractivity contribution in [3.63, 3.8) is 0 Å². The van der Waals surface area contributed by atoms with Crippen LogP contribution in [-0.4, -0.2) is 12.5 Å². The van der Waals surface area contributed by atoms with Gasteiger partial charge in [-0.2, -0.15) is 8.78 Å². The number of halogens is 2. The molecule has 6 heteroatoms. The van der Waals surface area contributed by atoms with E-state index in [0.717, 1.165) is 31.2 Å². The molecule has 3 nitrogen and oxygen atoms in total. The Hall–Kier alpha value is -1.95. The van der Waals surface area contributed by atoms with Crippen molar-refractivity contribution in [1.82, 2.24) is 0 Å².